The SMILES string of the molecule is CC.CC.CCc1cc2c(=O)c(C)cn(C3CC3)c2c(F)c1N1CC(N)C1. The molecule has 1 saturated heterocycles. The quantitative estimate of drug-likeness (QED) is 0.856. The molecule has 0 spiro atoms. The van der Waals surface area contributed by atoms with Crippen molar-refractivity contribution in [1.82, 2.24) is 4.57 Å². The van der Waals surface area contributed by atoms with Gasteiger partial charge in [0.05, 0.1) is 11.2 Å². The van der Waals surface area contributed by atoms with Crippen LogP contribution in [0.25, 0.3) is 10.9 Å². The van der Waals surface area contributed by atoms with E-state index in [1.165, 1.54) is 0 Å². The number of hydrogen-bond acceptors (Lipinski definition) is 3. The van der Waals surface area contributed by atoms with E-state index in [-0.39, 0.29) is 17.3 Å². The summed E-state index contributed by atoms with van der Waals surface area (Å²) in [6.45, 7) is 13.2. The highest BCUT2D eigenvalue weighted by molar-refractivity contribution is 5.86. The predicted molar refractivity (Wildman–Crippen MR) is 113 cm³/mol. The summed E-state index contributed by atoms with van der Waals surface area (Å²) >= 11 is 0. The van der Waals surface area contributed by atoms with Crippen molar-refractivity contribution < 1.29 is 4.39 Å². The van der Waals surface area contributed by atoms with Crippen LogP contribution in [0.3, 0.4) is 0 Å². The van der Waals surface area contributed by atoms with Crippen LogP contribution in [0, 0.1) is 12.7 Å². The Kier molecular flexibility index (Phi) is 7.04. The number of halogens is 1. The van der Waals surface area contributed by atoms with Crippen molar-refractivity contribution in [3.8, 4) is 0 Å². The zero-order chi connectivity index (χ0) is 20.3. The van der Waals surface area contributed by atoms with Crippen LogP contribution >= 0.6 is 0 Å². The second-order valence-electron chi connectivity index (χ2n) is 6.89. The lowest BCUT2D eigenvalue weighted by molar-refractivity contribution is 0.503. The number of nitrogens with zero attached hydrogens (tertiary/aromatic N) is 2. The van der Waals surface area contributed by atoms with Gasteiger partial charge in [-0.05, 0) is 37.8 Å². The minimum atomic E-state index is -0.254. The highest BCUT2D eigenvalue weighted by Gasteiger charge is 2.32. The largest absolute Gasteiger partial charge is 0.366 e. The van der Waals surface area contributed by atoms with Crippen molar-refractivity contribution in [2.24, 2.45) is 5.73 Å². The Labute approximate surface area is 162 Å². The second-order valence-corrected chi connectivity index (χ2v) is 6.89. The van der Waals surface area contributed by atoms with Gasteiger partial charge in [0.1, 0.15) is 0 Å². The number of pyridine rings is 1. The fourth-order valence-electron chi connectivity index (χ4n) is 3.60. The Morgan fingerprint density at radius 1 is 1.19 bits per heavy atom. The van der Waals surface area contributed by atoms with Gasteiger partial charge >= 0.3 is 0 Å². The number of rotatable bonds is 3. The van der Waals surface area contributed by atoms with Crippen molar-refractivity contribution in [2.75, 3.05) is 18.0 Å². The number of anilines is 1. The Morgan fingerprint density at radius 3 is 2.26 bits per heavy atom. The normalized spacial score (nSPS) is 16.2. The molecule has 2 aliphatic rings. The molecule has 1 aromatic heterocycles. The molecule has 2 aromatic rings. The molecule has 1 saturated carbocycles. The molecule has 2 N–H and O–H groups in total. The summed E-state index contributed by atoms with van der Waals surface area (Å²) < 4.78 is 17.4. The van der Waals surface area contributed by atoms with Crippen LogP contribution in [0.15, 0.2) is 17.1 Å². The van der Waals surface area contributed by atoms with E-state index >= 15 is 4.39 Å². The lowest BCUT2D eigenvalue weighted by Crippen LogP contribution is -2.56. The van der Waals surface area contributed by atoms with Crippen molar-refractivity contribution in [2.45, 2.75) is 72.9 Å². The zero-order valence-corrected chi connectivity index (χ0v) is 17.6. The van der Waals surface area contributed by atoms with E-state index in [1.54, 1.807) is 0 Å². The monoisotopic (exact) mass is 375 g/mol. The minimum Gasteiger partial charge on any atom is -0.366 e. The molecule has 1 aromatic carbocycles. The second kappa shape index (κ2) is 8.87. The van der Waals surface area contributed by atoms with E-state index in [2.05, 4.69) is 0 Å². The average molecular weight is 376 g/mol. The van der Waals surface area contributed by atoms with Gasteiger partial charge in [-0.3, -0.25) is 4.79 Å². The number of hydrogen-bond donors (Lipinski definition) is 1. The molecular formula is C22H34FN3O. The number of nitrogens with two attached hydrogens (primary N) is 1. The third-order valence-electron chi connectivity index (χ3n) is 5.03. The highest BCUT2D eigenvalue weighted by Crippen LogP contribution is 2.40. The zero-order valence-electron chi connectivity index (χ0n) is 17.6. The number of benzene rings is 1. The van der Waals surface area contributed by atoms with Gasteiger partial charge in [0.15, 0.2) is 11.2 Å². The van der Waals surface area contributed by atoms with Crippen LogP contribution in [-0.2, 0) is 6.42 Å². The molecule has 0 unspecified atom stereocenters. The molecule has 0 bridgehead atoms. The molecule has 2 heterocycles. The molecule has 2 fully saturated rings. The summed E-state index contributed by atoms with van der Waals surface area (Å²) in [6.07, 6.45) is 4.62. The molecule has 27 heavy (non-hydrogen) atoms. The van der Waals surface area contributed by atoms with Crippen molar-refractivity contribution >= 4 is 16.6 Å². The van der Waals surface area contributed by atoms with Crippen LogP contribution in [0.2, 0.25) is 0 Å². The van der Waals surface area contributed by atoms with Crippen LogP contribution < -0.4 is 16.1 Å². The van der Waals surface area contributed by atoms with Gasteiger partial charge in [0.2, 0.25) is 0 Å². The Bertz CT molecular complexity index is 849. The third kappa shape index (κ3) is 3.88. The maximum atomic E-state index is 15.4. The summed E-state index contributed by atoms with van der Waals surface area (Å²) in [6, 6.07) is 2.33. The summed E-state index contributed by atoms with van der Waals surface area (Å²) in [5, 5.41) is 0.514. The smallest absolute Gasteiger partial charge is 0.192 e. The maximum Gasteiger partial charge on any atom is 0.192 e. The van der Waals surface area contributed by atoms with Gasteiger partial charge < -0.3 is 15.2 Å². The molecule has 0 atom stereocenters. The Hall–Kier alpha value is -1.88. The molecule has 150 valence electrons. The Balaban J connectivity index is 0.000000614. The molecule has 0 amide bonds. The molecule has 1 aliphatic carbocycles. The average Bonchev–Trinajstić information content (AvgIpc) is 3.50. The van der Waals surface area contributed by atoms with Crippen molar-refractivity contribution in [3.05, 3.63) is 39.4 Å². The van der Waals surface area contributed by atoms with Gasteiger partial charge in [0.25, 0.3) is 0 Å². The number of aromatic nitrogens is 1. The van der Waals surface area contributed by atoms with Gasteiger partial charge in [0, 0.05) is 42.3 Å². The van der Waals surface area contributed by atoms with Gasteiger partial charge in [-0.1, -0.05) is 34.6 Å². The van der Waals surface area contributed by atoms with Crippen LogP contribution in [-0.4, -0.2) is 23.7 Å². The number of aryl methyl sites for hydroxylation is 2. The van der Waals surface area contributed by atoms with Crippen LogP contribution in [0.1, 0.15) is 64.6 Å². The molecule has 5 heteroatoms. The lowest BCUT2D eigenvalue weighted by Gasteiger charge is -2.40. The fourth-order valence-corrected chi connectivity index (χ4v) is 3.60. The fraction of sp³-hybridized carbons (Fsp3) is 0.591. The summed E-state index contributed by atoms with van der Waals surface area (Å²) in [5.74, 6) is -0.254. The van der Waals surface area contributed by atoms with E-state index in [0.29, 0.717) is 47.7 Å². The summed E-state index contributed by atoms with van der Waals surface area (Å²) in [5.41, 5.74) is 8.50. The van der Waals surface area contributed by atoms with E-state index in [1.807, 2.05) is 63.3 Å². The summed E-state index contributed by atoms with van der Waals surface area (Å²) in [7, 11) is 0. The molecule has 1 aliphatic heterocycles. The minimum absolute atomic E-state index is 0.0580. The van der Waals surface area contributed by atoms with Gasteiger partial charge in [-0.15, -0.1) is 0 Å². The van der Waals surface area contributed by atoms with Crippen LogP contribution in [0.5, 0.6) is 0 Å². The van der Waals surface area contributed by atoms with E-state index in [0.717, 1.165) is 18.4 Å². The highest BCUT2D eigenvalue weighted by atomic mass is 19.1. The first-order valence-electron chi connectivity index (χ1n) is 10.4. The molecule has 0 radical (unpaired) electrons. The summed E-state index contributed by atoms with van der Waals surface area (Å²) in [4.78, 5) is 14.5. The van der Waals surface area contributed by atoms with Crippen molar-refractivity contribution in [1.29, 1.82) is 0 Å². The molecule has 4 nitrogen and oxygen atoms in total. The standard InChI is InChI=1S/C18H22FN3O.2C2H6/c1-3-11-6-14-17(15(19)16(11)21-8-12(20)9-21)22(13-4-5-13)7-10(2)18(14)23;2*1-2/h6-7,12-13H,3-5,8-9,20H2,1-2H3;2*1-2H3. The van der Waals surface area contributed by atoms with E-state index in [4.69, 9.17) is 5.73 Å². The molecule has 4 rings (SSSR count). The van der Waals surface area contributed by atoms with Crippen LogP contribution in [0.4, 0.5) is 10.1 Å². The predicted octanol–water partition coefficient (Wildman–Crippen LogP) is 4.55. The third-order valence-corrected chi connectivity index (χ3v) is 5.03. The molecular weight excluding hydrogens is 341 g/mol. The lowest BCUT2D eigenvalue weighted by atomic mass is 9.99. The van der Waals surface area contributed by atoms with Gasteiger partial charge in [-0.25, -0.2) is 4.39 Å². The maximum absolute atomic E-state index is 15.4. The number of fused-ring (bicyclic) bond motifs is 1. The van der Waals surface area contributed by atoms with Gasteiger partial charge in [-0.2, -0.15) is 0 Å². The topological polar surface area (TPSA) is 51.3 Å². The Morgan fingerprint density at radius 2 is 1.78 bits per heavy atom. The van der Waals surface area contributed by atoms with E-state index < -0.39 is 0 Å². The van der Waals surface area contributed by atoms with E-state index in [9.17, 15) is 4.79 Å². The van der Waals surface area contributed by atoms with Crippen molar-refractivity contribution in [3.63, 3.8) is 0 Å². The first-order chi connectivity index (χ1) is 13.0. The first kappa shape index (κ1) is 21.4. The first-order valence-corrected chi connectivity index (χ1v) is 10.4.